The number of aryl methyl sites for hydroxylation is 1. The molecule has 0 atom stereocenters. The molecule has 2 aromatic rings. The average Bonchev–Trinajstić information content (AvgIpc) is 2.46. The predicted molar refractivity (Wildman–Crippen MR) is 78.3 cm³/mol. The van der Waals surface area contributed by atoms with Crippen LogP contribution >= 0.6 is 0 Å². The third kappa shape index (κ3) is 3.22. The molecule has 20 heavy (non-hydrogen) atoms. The van der Waals surface area contributed by atoms with Crippen LogP contribution in [0.1, 0.15) is 15.9 Å². The molecular formula is C16H17FN2O. The molecule has 0 fully saturated rings. The summed E-state index contributed by atoms with van der Waals surface area (Å²) in [6, 6.07) is 13.2. The summed E-state index contributed by atoms with van der Waals surface area (Å²) in [6.07, 6.45) is 0. The van der Waals surface area contributed by atoms with Crippen LogP contribution in [0.3, 0.4) is 0 Å². The maximum atomic E-state index is 13.0. The van der Waals surface area contributed by atoms with E-state index >= 15 is 0 Å². The number of anilines is 1. The minimum Gasteiger partial charge on any atom is -0.329 e. The molecule has 2 aromatic carbocycles. The molecule has 0 aromatic heterocycles. The van der Waals surface area contributed by atoms with Crippen molar-refractivity contribution in [1.29, 1.82) is 0 Å². The lowest BCUT2D eigenvalue weighted by Gasteiger charge is -2.22. The van der Waals surface area contributed by atoms with Crippen molar-refractivity contribution in [2.75, 3.05) is 18.0 Å². The van der Waals surface area contributed by atoms with Crippen LogP contribution in [-0.4, -0.2) is 19.0 Å². The van der Waals surface area contributed by atoms with Crippen molar-refractivity contribution < 1.29 is 9.18 Å². The fourth-order valence-electron chi connectivity index (χ4n) is 1.95. The van der Waals surface area contributed by atoms with E-state index in [4.69, 9.17) is 5.73 Å². The zero-order chi connectivity index (χ0) is 14.5. The number of carbonyl (C=O) groups is 1. The Kier molecular flexibility index (Phi) is 4.48. The molecule has 0 radical (unpaired) electrons. The number of hydrogen-bond donors (Lipinski definition) is 1. The van der Waals surface area contributed by atoms with Crippen LogP contribution in [0.15, 0.2) is 48.5 Å². The van der Waals surface area contributed by atoms with E-state index in [1.54, 1.807) is 29.2 Å². The second-order valence-corrected chi connectivity index (χ2v) is 4.59. The zero-order valence-electron chi connectivity index (χ0n) is 11.3. The maximum absolute atomic E-state index is 13.0. The van der Waals surface area contributed by atoms with E-state index in [1.165, 1.54) is 12.1 Å². The number of benzene rings is 2. The molecule has 4 heteroatoms. The van der Waals surface area contributed by atoms with Crippen LogP contribution in [-0.2, 0) is 0 Å². The highest BCUT2D eigenvalue weighted by molar-refractivity contribution is 6.06. The number of hydrogen-bond acceptors (Lipinski definition) is 2. The first-order chi connectivity index (χ1) is 9.61. The molecule has 0 aliphatic heterocycles. The van der Waals surface area contributed by atoms with Gasteiger partial charge in [0, 0.05) is 24.3 Å². The largest absolute Gasteiger partial charge is 0.329 e. The summed E-state index contributed by atoms with van der Waals surface area (Å²) in [5, 5.41) is 0. The minimum atomic E-state index is -0.329. The van der Waals surface area contributed by atoms with Gasteiger partial charge in [0.05, 0.1) is 0 Å². The van der Waals surface area contributed by atoms with Crippen molar-refractivity contribution in [3.05, 3.63) is 65.5 Å². The summed E-state index contributed by atoms with van der Waals surface area (Å²) in [5.74, 6) is -0.466. The topological polar surface area (TPSA) is 46.3 Å². The molecule has 104 valence electrons. The lowest BCUT2D eigenvalue weighted by Crippen LogP contribution is -2.35. The third-order valence-electron chi connectivity index (χ3n) is 3.03. The Morgan fingerprint density at radius 3 is 2.25 bits per heavy atom. The van der Waals surface area contributed by atoms with Gasteiger partial charge in [-0.25, -0.2) is 4.39 Å². The number of nitrogens with zero attached hydrogens (tertiary/aromatic N) is 1. The van der Waals surface area contributed by atoms with Crippen LogP contribution < -0.4 is 10.6 Å². The summed E-state index contributed by atoms with van der Waals surface area (Å²) in [4.78, 5) is 14.1. The van der Waals surface area contributed by atoms with Crippen molar-refractivity contribution in [1.82, 2.24) is 0 Å². The molecule has 0 heterocycles. The first kappa shape index (κ1) is 14.2. The standard InChI is InChI=1S/C16H17FN2O/c1-12-2-4-13(5-3-12)16(20)19(11-10-18)15-8-6-14(17)7-9-15/h2-9H,10-11,18H2,1H3. The van der Waals surface area contributed by atoms with Gasteiger partial charge in [-0.2, -0.15) is 0 Å². The van der Waals surface area contributed by atoms with Gasteiger partial charge >= 0.3 is 0 Å². The van der Waals surface area contributed by atoms with Gasteiger partial charge in [0.2, 0.25) is 0 Å². The normalized spacial score (nSPS) is 10.3. The van der Waals surface area contributed by atoms with Crippen LogP contribution in [0.2, 0.25) is 0 Å². The van der Waals surface area contributed by atoms with Gasteiger partial charge in [0.25, 0.3) is 5.91 Å². The summed E-state index contributed by atoms with van der Waals surface area (Å²) in [6.45, 7) is 2.69. The Labute approximate surface area is 117 Å². The molecule has 2 N–H and O–H groups in total. The molecule has 2 rings (SSSR count). The van der Waals surface area contributed by atoms with Crippen LogP contribution in [0.5, 0.6) is 0 Å². The fourth-order valence-corrected chi connectivity index (χ4v) is 1.95. The van der Waals surface area contributed by atoms with Crippen LogP contribution in [0, 0.1) is 12.7 Å². The van der Waals surface area contributed by atoms with Crippen molar-refractivity contribution in [3.8, 4) is 0 Å². The van der Waals surface area contributed by atoms with E-state index in [9.17, 15) is 9.18 Å². The lowest BCUT2D eigenvalue weighted by molar-refractivity contribution is 0.0987. The first-order valence-corrected chi connectivity index (χ1v) is 6.46. The Balaban J connectivity index is 2.30. The van der Waals surface area contributed by atoms with Gasteiger partial charge in [0.15, 0.2) is 0 Å². The maximum Gasteiger partial charge on any atom is 0.258 e. The van der Waals surface area contributed by atoms with Gasteiger partial charge in [-0.05, 0) is 43.3 Å². The van der Waals surface area contributed by atoms with E-state index in [2.05, 4.69) is 0 Å². The van der Waals surface area contributed by atoms with Crippen LogP contribution in [0.4, 0.5) is 10.1 Å². The highest BCUT2D eigenvalue weighted by atomic mass is 19.1. The average molecular weight is 272 g/mol. The molecule has 0 saturated heterocycles. The van der Waals surface area contributed by atoms with Gasteiger partial charge in [-0.3, -0.25) is 4.79 Å². The van der Waals surface area contributed by atoms with E-state index < -0.39 is 0 Å². The SMILES string of the molecule is Cc1ccc(C(=O)N(CCN)c2ccc(F)cc2)cc1. The minimum absolute atomic E-state index is 0.137. The molecule has 0 aliphatic rings. The molecule has 0 unspecified atom stereocenters. The number of rotatable bonds is 4. The lowest BCUT2D eigenvalue weighted by atomic mass is 10.1. The number of nitrogens with two attached hydrogens (primary N) is 1. The smallest absolute Gasteiger partial charge is 0.258 e. The van der Waals surface area contributed by atoms with Crippen molar-refractivity contribution in [3.63, 3.8) is 0 Å². The van der Waals surface area contributed by atoms with Gasteiger partial charge in [0.1, 0.15) is 5.82 Å². The zero-order valence-corrected chi connectivity index (χ0v) is 11.3. The highest BCUT2D eigenvalue weighted by Crippen LogP contribution is 2.18. The Bertz CT molecular complexity index is 578. The monoisotopic (exact) mass is 272 g/mol. The van der Waals surface area contributed by atoms with Gasteiger partial charge in [-0.1, -0.05) is 17.7 Å². The van der Waals surface area contributed by atoms with E-state index in [1.807, 2.05) is 19.1 Å². The fraction of sp³-hybridized carbons (Fsp3) is 0.188. The van der Waals surface area contributed by atoms with E-state index in [-0.39, 0.29) is 11.7 Å². The molecule has 0 bridgehead atoms. The third-order valence-corrected chi connectivity index (χ3v) is 3.03. The van der Waals surface area contributed by atoms with Gasteiger partial charge < -0.3 is 10.6 Å². The highest BCUT2D eigenvalue weighted by Gasteiger charge is 2.16. The predicted octanol–water partition coefficient (Wildman–Crippen LogP) is 2.74. The van der Waals surface area contributed by atoms with Crippen molar-refractivity contribution in [2.45, 2.75) is 6.92 Å². The summed E-state index contributed by atoms with van der Waals surface area (Å²) < 4.78 is 13.0. The Hall–Kier alpha value is -2.20. The quantitative estimate of drug-likeness (QED) is 0.930. The number of carbonyl (C=O) groups excluding carboxylic acids is 1. The number of amides is 1. The Morgan fingerprint density at radius 2 is 1.70 bits per heavy atom. The molecule has 1 amide bonds. The molecule has 0 saturated carbocycles. The molecule has 3 nitrogen and oxygen atoms in total. The molecule has 0 aliphatic carbocycles. The van der Waals surface area contributed by atoms with E-state index in [0.29, 0.717) is 24.3 Å². The van der Waals surface area contributed by atoms with E-state index in [0.717, 1.165) is 5.56 Å². The second kappa shape index (κ2) is 6.30. The molecular weight excluding hydrogens is 255 g/mol. The van der Waals surface area contributed by atoms with Gasteiger partial charge in [-0.15, -0.1) is 0 Å². The first-order valence-electron chi connectivity index (χ1n) is 6.46. The van der Waals surface area contributed by atoms with Crippen molar-refractivity contribution in [2.24, 2.45) is 5.73 Å². The molecule has 0 spiro atoms. The summed E-state index contributed by atoms with van der Waals surface area (Å²) >= 11 is 0. The van der Waals surface area contributed by atoms with Crippen molar-refractivity contribution >= 4 is 11.6 Å². The summed E-state index contributed by atoms with van der Waals surface area (Å²) in [7, 11) is 0. The number of halogens is 1. The summed E-state index contributed by atoms with van der Waals surface area (Å²) in [5.41, 5.74) is 7.89. The van der Waals surface area contributed by atoms with Crippen LogP contribution in [0.25, 0.3) is 0 Å². The second-order valence-electron chi connectivity index (χ2n) is 4.59. The Morgan fingerprint density at radius 1 is 1.10 bits per heavy atom.